The maximum Gasteiger partial charge on any atom is 0.341 e. The van der Waals surface area contributed by atoms with Gasteiger partial charge >= 0.3 is 5.97 Å². The van der Waals surface area contributed by atoms with Gasteiger partial charge < -0.3 is 5.11 Å². The molecule has 6 heteroatoms. The highest BCUT2D eigenvalue weighted by molar-refractivity contribution is 5.96. The van der Waals surface area contributed by atoms with Gasteiger partial charge in [0, 0.05) is 6.54 Å². The first-order valence-electron chi connectivity index (χ1n) is 6.37. The number of aromatic carboxylic acids is 1. The van der Waals surface area contributed by atoms with E-state index in [9.17, 15) is 14.7 Å². The van der Waals surface area contributed by atoms with Crippen LogP contribution in [0.1, 0.15) is 17.3 Å². The molecule has 0 unspecified atom stereocenters. The van der Waals surface area contributed by atoms with Crippen LogP contribution in [0.3, 0.4) is 0 Å². The standard InChI is InChI=1S/C15H13N3O3/c1-9(2)8-17-13-11(15(20)21)7-16-18(13)12-6-4-3-5-10(12)14(17)19/h3-7H,1,8H2,2H3,(H,20,21). The molecule has 3 aromatic rings. The number of hydrogen-bond acceptors (Lipinski definition) is 3. The molecule has 0 aliphatic rings. The molecule has 0 saturated carbocycles. The van der Waals surface area contributed by atoms with Gasteiger partial charge in [0.15, 0.2) is 5.65 Å². The second-order valence-corrected chi connectivity index (χ2v) is 4.96. The molecule has 0 atom stereocenters. The van der Waals surface area contributed by atoms with Crippen molar-refractivity contribution in [2.24, 2.45) is 0 Å². The quantitative estimate of drug-likeness (QED) is 0.745. The molecule has 1 aromatic carbocycles. The summed E-state index contributed by atoms with van der Waals surface area (Å²) in [5.74, 6) is -1.12. The van der Waals surface area contributed by atoms with Gasteiger partial charge in [-0.05, 0) is 19.1 Å². The minimum Gasteiger partial charge on any atom is -0.477 e. The molecule has 21 heavy (non-hydrogen) atoms. The topological polar surface area (TPSA) is 76.6 Å². The Morgan fingerprint density at radius 1 is 1.38 bits per heavy atom. The van der Waals surface area contributed by atoms with Crippen molar-refractivity contribution in [3.05, 3.63) is 58.5 Å². The summed E-state index contributed by atoms with van der Waals surface area (Å²) in [4.78, 5) is 24.0. The molecule has 0 spiro atoms. The number of fused-ring (bicyclic) bond motifs is 3. The first-order valence-corrected chi connectivity index (χ1v) is 6.37. The van der Waals surface area contributed by atoms with Gasteiger partial charge in [-0.25, -0.2) is 9.31 Å². The molecule has 1 N–H and O–H groups in total. The summed E-state index contributed by atoms with van der Waals surface area (Å²) in [5, 5.41) is 13.9. The van der Waals surface area contributed by atoms with E-state index >= 15 is 0 Å². The number of carboxylic acid groups (broad SMARTS) is 1. The van der Waals surface area contributed by atoms with Crippen LogP contribution in [0.25, 0.3) is 16.6 Å². The van der Waals surface area contributed by atoms with Crippen LogP contribution in [0.5, 0.6) is 0 Å². The van der Waals surface area contributed by atoms with Gasteiger partial charge in [0.05, 0.1) is 17.1 Å². The smallest absolute Gasteiger partial charge is 0.341 e. The van der Waals surface area contributed by atoms with Crippen molar-refractivity contribution >= 4 is 22.5 Å². The fourth-order valence-corrected chi connectivity index (χ4v) is 2.43. The average Bonchev–Trinajstić information content (AvgIpc) is 2.88. The Hall–Kier alpha value is -2.89. The summed E-state index contributed by atoms with van der Waals surface area (Å²) >= 11 is 0. The van der Waals surface area contributed by atoms with Crippen molar-refractivity contribution in [3.8, 4) is 0 Å². The number of benzene rings is 1. The monoisotopic (exact) mass is 283 g/mol. The van der Waals surface area contributed by atoms with Gasteiger partial charge in [0.1, 0.15) is 5.56 Å². The van der Waals surface area contributed by atoms with Crippen LogP contribution in [0.4, 0.5) is 0 Å². The van der Waals surface area contributed by atoms with Crippen molar-refractivity contribution < 1.29 is 9.90 Å². The Labute approximate surface area is 119 Å². The van der Waals surface area contributed by atoms with E-state index < -0.39 is 5.97 Å². The lowest BCUT2D eigenvalue weighted by molar-refractivity contribution is 0.0698. The highest BCUT2D eigenvalue weighted by Gasteiger charge is 2.19. The number of aromatic nitrogens is 3. The molecule has 0 aliphatic heterocycles. The van der Waals surface area contributed by atoms with Gasteiger partial charge in [0.2, 0.25) is 0 Å². The number of rotatable bonds is 3. The molecule has 2 heterocycles. The lowest BCUT2D eigenvalue weighted by Crippen LogP contribution is -2.24. The normalized spacial score (nSPS) is 11.1. The van der Waals surface area contributed by atoms with E-state index in [1.807, 2.05) is 0 Å². The van der Waals surface area contributed by atoms with E-state index in [-0.39, 0.29) is 23.3 Å². The fraction of sp³-hybridized carbons (Fsp3) is 0.133. The van der Waals surface area contributed by atoms with Crippen LogP contribution in [-0.2, 0) is 6.54 Å². The Morgan fingerprint density at radius 3 is 2.76 bits per heavy atom. The fourth-order valence-electron chi connectivity index (χ4n) is 2.43. The second kappa shape index (κ2) is 4.59. The molecule has 3 rings (SSSR count). The third-order valence-electron chi connectivity index (χ3n) is 3.27. The van der Waals surface area contributed by atoms with Gasteiger partial charge in [-0.2, -0.15) is 5.10 Å². The Kier molecular flexibility index (Phi) is 2.86. The summed E-state index contributed by atoms with van der Waals surface area (Å²) in [6.07, 6.45) is 1.26. The first kappa shape index (κ1) is 13.1. The molecule has 0 saturated heterocycles. The highest BCUT2D eigenvalue weighted by atomic mass is 16.4. The third-order valence-corrected chi connectivity index (χ3v) is 3.27. The van der Waals surface area contributed by atoms with Crippen LogP contribution >= 0.6 is 0 Å². The van der Waals surface area contributed by atoms with Gasteiger partial charge in [-0.1, -0.05) is 24.3 Å². The van der Waals surface area contributed by atoms with Crippen LogP contribution in [0.2, 0.25) is 0 Å². The molecule has 0 radical (unpaired) electrons. The summed E-state index contributed by atoms with van der Waals surface area (Å²) in [7, 11) is 0. The molecule has 0 aliphatic carbocycles. The maximum absolute atomic E-state index is 12.6. The number of carbonyl (C=O) groups is 1. The van der Waals surface area contributed by atoms with Crippen LogP contribution in [0.15, 0.2) is 47.4 Å². The second-order valence-electron chi connectivity index (χ2n) is 4.96. The predicted octanol–water partition coefficient (Wildman–Crippen LogP) is 1.92. The van der Waals surface area contributed by atoms with E-state index in [2.05, 4.69) is 11.7 Å². The van der Waals surface area contributed by atoms with Crippen LogP contribution in [-0.4, -0.2) is 25.3 Å². The first-order chi connectivity index (χ1) is 10.0. The summed E-state index contributed by atoms with van der Waals surface area (Å²) in [6.45, 7) is 5.84. The number of para-hydroxylation sites is 1. The predicted molar refractivity (Wildman–Crippen MR) is 78.7 cm³/mol. The van der Waals surface area contributed by atoms with E-state index in [1.165, 1.54) is 15.3 Å². The third kappa shape index (κ3) is 1.92. The zero-order valence-electron chi connectivity index (χ0n) is 11.4. The van der Waals surface area contributed by atoms with Crippen molar-refractivity contribution in [2.75, 3.05) is 0 Å². The number of nitrogens with zero attached hydrogens (tertiary/aromatic N) is 3. The zero-order valence-corrected chi connectivity index (χ0v) is 11.4. The van der Waals surface area contributed by atoms with Crippen LogP contribution < -0.4 is 5.56 Å². The number of carboxylic acids is 1. The minimum atomic E-state index is -1.12. The SMILES string of the molecule is C=C(C)Cn1c(=O)c2ccccc2n2ncc(C(=O)O)c12. The lowest BCUT2D eigenvalue weighted by atomic mass is 10.2. The average molecular weight is 283 g/mol. The number of allylic oxidation sites excluding steroid dienone is 1. The zero-order chi connectivity index (χ0) is 15.1. The summed E-state index contributed by atoms with van der Waals surface area (Å²) in [6, 6.07) is 7.00. The van der Waals surface area contributed by atoms with E-state index in [4.69, 9.17) is 0 Å². The molecule has 0 bridgehead atoms. The summed E-state index contributed by atoms with van der Waals surface area (Å²) < 4.78 is 2.89. The van der Waals surface area contributed by atoms with Crippen LogP contribution in [0, 0.1) is 0 Å². The number of hydrogen-bond donors (Lipinski definition) is 1. The van der Waals surface area contributed by atoms with Crippen molar-refractivity contribution in [1.82, 2.24) is 14.2 Å². The molecular weight excluding hydrogens is 270 g/mol. The largest absolute Gasteiger partial charge is 0.477 e. The molecule has 106 valence electrons. The maximum atomic E-state index is 12.6. The molecule has 0 fully saturated rings. The molecule has 6 nitrogen and oxygen atoms in total. The Bertz CT molecular complexity index is 950. The molecule has 0 amide bonds. The molecular formula is C15H13N3O3. The highest BCUT2D eigenvalue weighted by Crippen LogP contribution is 2.17. The Morgan fingerprint density at radius 2 is 2.10 bits per heavy atom. The van der Waals surface area contributed by atoms with Gasteiger partial charge in [-0.15, -0.1) is 0 Å². The van der Waals surface area contributed by atoms with Gasteiger partial charge in [-0.3, -0.25) is 9.36 Å². The minimum absolute atomic E-state index is 0.000830. The van der Waals surface area contributed by atoms with Crippen molar-refractivity contribution in [2.45, 2.75) is 13.5 Å². The lowest BCUT2D eigenvalue weighted by Gasteiger charge is -2.11. The van der Waals surface area contributed by atoms with Crippen molar-refractivity contribution in [3.63, 3.8) is 0 Å². The summed E-state index contributed by atoms with van der Waals surface area (Å²) in [5.41, 5.74) is 1.37. The van der Waals surface area contributed by atoms with Crippen molar-refractivity contribution in [1.29, 1.82) is 0 Å². The molecule has 2 aromatic heterocycles. The van der Waals surface area contributed by atoms with Gasteiger partial charge in [0.25, 0.3) is 5.56 Å². The van der Waals surface area contributed by atoms with E-state index in [0.29, 0.717) is 10.9 Å². The van der Waals surface area contributed by atoms with E-state index in [0.717, 1.165) is 5.57 Å². The Balaban J connectivity index is 2.57. The van der Waals surface area contributed by atoms with E-state index in [1.54, 1.807) is 31.2 Å².